The summed E-state index contributed by atoms with van der Waals surface area (Å²) < 4.78 is 31.8. The molecule has 2 aromatic rings. The van der Waals surface area contributed by atoms with E-state index >= 15 is 0 Å². The zero-order chi connectivity index (χ0) is 20.4. The highest BCUT2D eigenvalue weighted by Gasteiger charge is 2.47. The van der Waals surface area contributed by atoms with Crippen LogP contribution in [0, 0.1) is 5.92 Å². The summed E-state index contributed by atoms with van der Waals surface area (Å²) in [5.74, 6) is 0.119. The second kappa shape index (κ2) is 8.06. The van der Waals surface area contributed by atoms with E-state index in [-0.39, 0.29) is 23.3 Å². The van der Waals surface area contributed by atoms with Gasteiger partial charge in [-0.2, -0.15) is 4.31 Å². The number of benzene rings is 1. The van der Waals surface area contributed by atoms with Crippen LogP contribution in [-0.2, 0) is 15.6 Å². The van der Waals surface area contributed by atoms with Crippen molar-refractivity contribution in [2.75, 3.05) is 19.6 Å². The van der Waals surface area contributed by atoms with Gasteiger partial charge in [-0.15, -0.1) is 0 Å². The van der Waals surface area contributed by atoms with Crippen molar-refractivity contribution in [3.8, 4) is 0 Å². The minimum absolute atomic E-state index is 0.0313. The van der Waals surface area contributed by atoms with Crippen molar-refractivity contribution < 1.29 is 22.7 Å². The fraction of sp³-hybridized carbons (Fsp3) is 0.450. The Balaban J connectivity index is 1.70. The number of aliphatic hydroxyl groups is 1. The number of amides is 1. The second-order valence-electron chi connectivity index (χ2n) is 6.97. The Bertz CT molecular complexity index is 901. The van der Waals surface area contributed by atoms with Crippen LogP contribution in [0.25, 0.3) is 0 Å². The Morgan fingerprint density at radius 3 is 2.36 bits per heavy atom. The van der Waals surface area contributed by atoms with Gasteiger partial charge in [0.2, 0.25) is 10.0 Å². The second-order valence-corrected chi connectivity index (χ2v) is 8.91. The number of sulfonamides is 1. The van der Waals surface area contributed by atoms with Gasteiger partial charge in [0.05, 0.1) is 17.7 Å². The van der Waals surface area contributed by atoms with Crippen LogP contribution in [0.5, 0.6) is 0 Å². The van der Waals surface area contributed by atoms with E-state index < -0.39 is 15.6 Å². The van der Waals surface area contributed by atoms with E-state index in [1.165, 1.54) is 34.8 Å². The molecule has 1 aromatic heterocycles. The normalized spacial score (nSPS) is 16.7. The molecule has 1 aliphatic rings. The van der Waals surface area contributed by atoms with Crippen LogP contribution in [0.2, 0.25) is 0 Å². The van der Waals surface area contributed by atoms with Crippen LogP contribution >= 0.6 is 0 Å². The van der Waals surface area contributed by atoms with E-state index in [4.69, 9.17) is 4.42 Å². The molecule has 1 aliphatic carbocycles. The molecule has 1 amide bonds. The zero-order valence-corrected chi connectivity index (χ0v) is 16.9. The number of carbonyl (C=O) groups excluding carboxylic acids is 1. The Morgan fingerprint density at radius 2 is 1.86 bits per heavy atom. The molecule has 0 spiro atoms. The Labute approximate surface area is 165 Å². The molecule has 0 radical (unpaired) electrons. The molecule has 1 fully saturated rings. The maximum absolute atomic E-state index is 12.5. The quantitative estimate of drug-likeness (QED) is 0.666. The van der Waals surface area contributed by atoms with Crippen LogP contribution in [0.1, 0.15) is 42.8 Å². The summed E-state index contributed by atoms with van der Waals surface area (Å²) in [6, 6.07) is 9.24. The van der Waals surface area contributed by atoms with Crippen LogP contribution in [0.15, 0.2) is 52.0 Å². The van der Waals surface area contributed by atoms with Crippen LogP contribution in [0.3, 0.4) is 0 Å². The fourth-order valence-electron chi connectivity index (χ4n) is 3.33. The van der Waals surface area contributed by atoms with Crippen molar-refractivity contribution in [1.82, 2.24) is 9.62 Å². The maximum atomic E-state index is 12.5. The number of hydrogen-bond donors (Lipinski definition) is 2. The number of furan rings is 1. The number of carbonyl (C=O) groups is 1. The topological polar surface area (TPSA) is 99.9 Å². The van der Waals surface area contributed by atoms with Gasteiger partial charge in [-0.05, 0) is 55.2 Å². The molecule has 1 heterocycles. The van der Waals surface area contributed by atoms with E-state index in [1.54, 1.807) is 26.0 Å². The third-order valence-electron chi connectivity index (χ3n) is 5.18. The fourth-order valence-corrected chi connectivity index (χ4v) is 4.78. The SMILES string of the molecule is CCN(CC)S(=O)(=O)c1ccc(C(=O)NCC(O)(c2ccco2)C2CC2)cc1. The lowest BCUT2D eigenvalue weighted by Crippen LogP contribution is -2.42. The van der Waals surface area contributed by atoms with Crippen molar-refractivity contribution in [1.29, 1.82) is 0 Å². The van der Waals surface area contributed by atoms with Crippen molar-refractivity contribution in [2.24, 2.45) is 5.92 Å². The summed E-state index contributed by atoms with van der Waals surface area (Å²) in [4.78, 5) is 12.6. The summed E-state index contributed by atoms with van der Waals surface area (Å²) in [5, 5.41) is 13.7. The van der Waals surface area contributed by atoms with Gasteiger partial charge < -0.3 is 14.8 Å². The lowest BCUT2D eigenvalue weighted by Gasteiger charge is -2.26. The Hall–Kier alpha value is -2.16. The molecule has 1 unspecified atom stereocenters. The lowest BCUT2D eigenvalue weighted by molar-refractivity contribution is -0.00610. The first-order valence-electron chi connectivity index (χ1n) is 9.47. The molecular weight excluding hydrogens is 380 g/mol. The van der Waals surface area contributed by atoms with Crippen molar-refractivity contribution in [3.63, 3.8) is 0 Å². The Morgan fingerprint density at radius 1 is 1.21 bits per heavy atom. The highest BCUT2D eigenvalue weighted by molar-refractivity contribution is 7.89. The number of rotatable bonds is 9. The average Bonchev–Trinajstić information content (AvgIpc) is 3.41. The largest absolute Gasteiger partial charge is 0.466 e. The van der Waals surface area contributed by atoms with Crippen molar-refractivity contribution in [2.45, 2.75) is 37.2 Å². The monoisotopic (exact) mass is 406 g/mol. The molecule has 8 heteroatoms. The van der Waals surface area contributed by atoms with Gasteiger partial charge in [-0.25, -0.2) is 8.42 Å². The molecule has 0 bridgehead atoms. The molecule has 28 heavy (non-hydrogen) atoms. The molecule has 1 aromatic carbocycles. The summed E-state index contributed by atoms with van der Waals surface area (Å²) in [6.45, 7) is 4.36. The molecule has 1 atom stereocenters. The van der Waals surface area contributed by atoms with Gasteiger partial charge in [0.1, 0.15) is 11.4 Å². The standard InChI is InChI=1S/C20H26N2O5S/c1-3-22(4-2)28(25,26)17-11-7-15(8-12-17)19(23)21-14-20(24,16-9-10-16)18-6-5-13-27-18/h5-8,11-13,16,24H,3-4,9-10,14H2,1-2H3,(H,21,23). The number of hydrogen-bond acceptors (Lipinski definition) is 5. The number of nitrogens with zero attached hydrogens (tertiary/aromatic N) is 1. The number of nitrogens with one attached hydrogen (secondary N) is 1. The van der Waals surface area contributed by atoms with E-state index in [0.29, 0.717) is 24.4 Å². The summed E-state index contributed by atoms with van der Waals surface area (Å²) >= 11 is 0. The van der Waals surface area contributed by atoms with Crippen molar-refractivity contribution in [3.05, 3.63) is 54.0 Å². The predicted molar refractivity (Wildman–Crippen MR) is 104 cm³/mol. The minimum Gasteiger partial charge on any atom is -0.466 e. The average molecular weight is 407 g/mol. The molecule has 2 N–H and O–H groups in total. The Kier molecular flexibility index (Phi) is 5.92. The first-order valence-corrected chi connectivity index (χ1v) is 10.9. The first kappa shape index (κ1) is 20.6. The van der Waals surface area contributed by atoms with Crippen LogP contribution in [0.4, 0.5) is 0 Å². The highest BCUT2D eigenvalue weighted by atomic mass is 32.2. The first-order chi connectivity index (χ1) is 13.3. The predicted octanol–water partition coefficient (Wildman–Crippen LogP) is 2.34. The zero-order valence-electron chi connectivity index (χ0n) is 16.1. The molecule has 0 aliphatic heterocycles. The van der Waals surface area contributed by atoms with Gasteiger partial charge in [0, 0.05) is 18.7 Å². The third kappa shape index (κ3) is 3.99. The molecule has 1 saturated carbocycles. The van der Waals surface area contributed by atoms with E-state index in [0.717, 1.165) is 12.8 Å². The molecule has 7 nitrogen and oxygen atoms in total. The van der Waals surface area contributed by atoms with E-state index in [1.807, 2.05) is 0 Å². The molecule has 152 valence electrons. The third-order valence-corrected chi connectivity index (χ3v) is 7.24. The molecule has 3 rings (SSSR count). The summed E-state index contributed by atoms with van der Waals surface area (Å²) in [5.41, 5.74) is -0.901. The highest BCUT2D eigenvalue weighted by Crippen LogP contribution is 2.45. The van der Waals surface area contributed by atoms with Crippen molar-refractivity contribution >= 4 is 15.9 Å². The maximum Gasteiger partial charge on any atom is 0.251 e. The molecular formula is C20H26N2O5S. The van der Waals surface area contributed by atoms with Gasteiger partial charge in [0.25, 0.3) is 5.91 Å². The smallest absolute Gasteiger partial charge is 0.251 e. The lowest BCUT2D eigenvalue weighted by atomic mass is 9.94. The van der Waals surface area contributed by atoms with Gasteiger partial charge in [-0.1, -0.05) is 13.8 Å². The van der Waals surface area contributed by atoms with Gasteiger partial charge in [-0.3, -0.25) is 4.79 Å². The van der Waals surface area contributed by atoms with E-state index in [9.17, 15) is 18.3 Å². The van der Waals surface area contributed by atoms with Gasteiger partial charge >= 0.3 is 0 Å². The summed E-state index contributed by atoms with van der Waals surface area (Å²) in [6.07, 6.45) is 3.26. The van der Waals surface area contributed by atoms with E-state index in [2.05, 4.69) is 5.32 Å². The van der Waals surface area contributed by atoms with Crippen LogP contribution < -0.4 is 5.32 Å². The minimum atomic E-state index is -3.56. The van der Waals surface area contributed by atoms with Crippen LogP contribution in [-0.4, -0.2) is 43.4 Å². The molecule has 0 saturated heterocycles. The summed E-state index contributed by atoms with van der Waals surface area (Å²) in [7, 11) is -3.56. The van der Waals surface area contributed by atoms with Gasteiger partial charge in [0.15, 0.2) is 0 Å².